The average molecular weight is 508 g/mol. The van der Waals surface area contributed by atoms with Gasteiger partial charge in [-0.2, -0.15) is 13.2 Å². The molecule has 0 saturated carbocycles. The molecule has 1 saturated heterocycles. The number of aliphatic carboxylic acids is 1. The minimum Gasteiger partial charge on any atom is -0.475 e. The van der Waals surface area contributed by atoms with E-state index in [1.165, 1.54) is 12.0 Å². The van der Waals surface area contributed by atoms with Crippen LogP contribution < -0.4 is 15.1 Å². The maximum atomic E-state index is 13.5. The summed E-state index contributed by atoms with van der Waals surface area (Å²) in [6.07, 6.45) is 0.903. The van der Waals surface area contributed by atoms with Crippen LogP contribution in [0.25, 0.3) is 0 Å². The molecule has 0 aliphatic carbocycles. The molecule has 1 unspecified atom stereocenters. The lowest BCUT2D eigenvalue weighted by atomic mass is 9.99. The summed E-state index contributed by atoms with van der Waals surface area (Å²) in [7, 11) is 0. The molecule has 1 aromatic heterocycles. The number of carboxylic acid groups (broad SMARTS) is 1. The number of aryl methyl sites for hydroxylation is 1. The second kappa shape index (κ2) is 11.6. The SMILES string of the molecule is Cc1ccc(CN2C(=O)C(CC(C)C)Nc3ncnc(N4CCCCC4)c32)cc1.O=C(O)C(F)(F)F. The number of carbonyl (C=O) groups excluding carboxylic acids is 1. The lowest BCUT2D eigenvalue weighted by Gasteiger charge is -2.38. The van der Waals surface area contributed by atoms with Crippen molar-refractivity contribution in [3.63, 3.8) is 0 Å². The molecule has 0 bridgehead atoms. The predicted molar refractivity (Wildman–Crippen MR) is 131 cm³/mol. The van der Waals surface area contributed by atoms with Crippen molar-refractivity contribution < 1.29 is 27.9 Å². The number of halogens is 3. The number of anilines is 3. The van der Waals surface area contributed by atoms with E-state index in [4.69, 9.17) is 9.90 Å². The largest absolute Gasteiger partial charge is 0.490 e. The summed E-state index contributed by atoms with van der Waals surface area (Å²) in [6, 6.07) is 8.15. The summed E-state index contributed by atoms with van der Waals surface area (Å²) in [4.78, 5) is 35.8. The number of fused-ring (bicyclic) bond motifs is 1. The molecule has 3 heterocycles. The van der Waals surface area contributed by atoms with Crippen LogP contribution in [0.2, 0.25) is 0 Å². The Balaban J connectivity index is 0.000000454. The van der Waals surface area contributed by atoms with E-state index < -0.39 is 12.1 Å². The molecule has 1 atom stereocenters. The Hall–Kier alpha value is -3.37. The summed E-state index contributed by atoms with van der Waals surface area (Å²) in [5.74, 6) is -0.571. The van der Waals surface area contributed by atoms with Crippen LogP contribution in [0.15, 0.2) is 30.6 Å². The van der Waals surface area contributed by atoms with Gasteiger partial charge in [0.05, 0.1) is 6.54 Å². The highest BCUT2D eigenvalue weighted by Crippen LogP contribution is 2.39. The second-order valence-corrected chi connectivity index (χ2v) is 9.48. The van der Waals surface area contributed by atoms with Crippen LogP contribution >= 0.6 is 0 Å². The zero-order chi connectivity index (χ0) is 26.5. The third-order valence-corrected chi connectivity index (χ3v) is 6.01. The molecule has 36 heavy (non-hydrogen) atoms. The lowest BCUT2D eigenvalue weighted by molar-refractivity contribution is -0.192. The van der Waals surface area contributed by atoms with E-state index in [9.17, 15) is 18.0 Å². The van der Waals surface area contributed by atoms with Gasteiger partial charge in [-0.1, -0.05) is 43.7 Å². The summed E-state index contributed by atoms with van der Waals surface area (Å²) in [5.41, 5.74) is 3.17. The Morgan fingerprint density at radius 3 is 2.31 bits per heavy atom. The van der Waals surface area contributed by atoms with E-state index in [1.807, 2.05) is 4.90 Å². The minimum atomic E-state index is -5.08. The second-order valence-electron chi connectivity index (χ2n) is 9.48. The highest BCUT2D eigenvalue weighted by Gasteiger charge is 2.38. The third-order valence-electron chi connectivity index (χ3n) is 6.01. The van der Waals surface area contributed by atoms with Crippen LogP contribution in [0.4, 0.5) is 30.5 Å². The van der Waals surface area contributed by atoms with Crippen molar-refractivity contribution in [2.75, 3.05) is 28.2 Å². The third kappa shape index (κ3) is 6.86. The first-order valence-electron chi connectivity index (χ1n) is 12.0. The van der Waals surface area contributed by atoms with Crippen LogP contribution in [0.3, 0.4) is 0 Å². The topological polar surface area (TPSA) is 98.7 Å². The van der Waals surface area contributed by atoms with Gasteiger partial charge in [-0.15, -0.1) is 0 Å². The van der Waals surface area contributed by atoms with Crippen molar-refractivity contribution in [3.05, 3.63) is 41.7 Å². The number of rotatable bonds is 5. The first-order valence-corrected chi connectivity index (χ1v) is 12.0. The number of nitrogens with zero attached hydrogens (tertiary/aromatic N) is 4. The molecule has 1 fully saturated rings. The van der Waals surface area contributed by atoms with Crippen molar-refractivity contribution in [3.8, 4) is 0 Å². The lowest BCUT2D eigenvalue weighted by Crippen LogP contribution is -2.48. The molecule has 0 radical (unpaired) electrons. The van der Waals surface area contributed by atoms with E-state index >= 15 is 0 Å². The Labute approximate surface area is 208 Å². The van der Waals surface area contributed by atoms with Crippen molar-refractivity contribution in [2.24, 2.45) is 5.92 Å². The van der Waals surface area contributed by atoms with E-state index in [0.29, 0.717) is 12.5 Å². The van der Waals surface area contributed by atoms with Gasteiger partial charge in [-0.25, -0.2) is 14.8 Å². The number of carboxylic acids is 1. The van der Waals surface area contributed by atoms with Gasteiger partial charge in [0, 0.05) is 13.1 Å². The van der Waals surface area contributed by atoms with Crippen LogP contribution in [-0.2, 0) is 16.1 Å². The molecule has 11 heteroatoms. The Morgan fingerprint density at radius 2 is 1.75 bits per heavy atom. The Bertz CT molecular complexity index is 1050. The number of amides is 1. The van der Waals surface area contributed by atoms with Crippen molar-refractivity contribution in [1.82, 2.24) is 9.97 Å². The molecule has 1 aromatic carbocycles. The van der Waals surface area contributed by atoms with E-state index in [2.05, 4.69) is 65.2 Å². The molecular formula is C25H32F3N5O3. The average Bonchev–Trinajstić information content (AvgIpc) is 2.82. The number of hydrogen-bond acceptors (Lipinski definition) is 6. The fourth-order valence-electron chi connectivity index (χ4n) is 4.25. The fourth-order valence-corrected chi connectivity index (χ4v) is 4.25. The van der Waals surface area contributed by atoms with Crippen LogP contribution in [-0.4, -0.2) is 52.3 Å². The number of aromatic nitrogens is 2. The smallest absolute Gasteiger partial charge is 0.475 e. The summed E-state index contributed by atoms with van der Waals surface area (Å²) < 4.78 is 31.7. The summed E-state index contributed by atoms with van der Waals surface area (Å²) in [6.45, 7) is 8.87. The van der Waals surface area contributed by atoms with E-state index in [-0.39, 0.29) is 11.9 Å². The minimum absolute atomic E-state index is 0.111. The monoisotopic (exact) mass is 507 g/mol. The molecule has 4 rings (SSSR count). The highest BCUT2D eigenvalue weighted by atomic mass is 19.4. The molecular weight excluding hydrogens is 475 g/mol. The molecule has 2 aliphatic heterocycles. The Kier molecular flexibility index (Phi) is 8.75. The predicted octanol–water partition coefficient (Wildman–Crippen LogP) is 4.78. The number of alkyl halides is 3. The highest BCUT2D eigenvalue weighted by molar-refractivity contribution is 6.06. The number of piperidine rings is 1. The normalized spacial score (nSPS) is 17.8. The number of carbonyl (C=O) groups is 2. The van der Waals surface area contributed by atoms with Crippen LogP contribution in [0, 0.1) is 12.8 Å². The number of hydrogen-bond donors (Lipinski definition) is 2. The van der Waals surface area contributed by atoms with Gasteiger partial charge in [0.25, 0.3) is 0 Å². The zero-order valence-electron chi connectivity index (χ0n) is 20.7. The molecule has 8 nitrogen and oxygen atoms in total. The summed E-state index contributed by atoms with van der Waals surface area (Å²) in [5, 5.41) is 10.5. The van der Waals surface area contributed by atoms with Gasteiger partial charge < -0.3 is 15.3 Å². The van der Waals surface area contributed by atoms with E-state index in [0.717, 1.165) is 55.2 Å². The molecule has 1 amide bonds. The molecule has 0 spiro atoms. The quantitative estimate of drug-likeness (QED) is 0.601. The molecule has 2 N–H and O–H groups in total. The number of nitrogens with one attached hydrogen (secondary N) is 1. The van der Waals surface area contributed by atoms with Gasteiger partial charge in [0.1, 0.15) is 18.1 Å². The van der Waals surface area contributed by atoms with Crippen molar-refractivity contribution in [2.45, 2.75) is 65.2 Å². The first kappa shape index (κ1) is 27.2. The van der Waals surface area contributed by atoms with E-state index in [1.54, 1.807) is 6.33 Å². The van der Waals surface area contributed by atoms with Gasteiger partial charge in [-0.3, -0.25) is 9.69 Å². The molecule has 2 aromatic rings. The van der Waals surface area contributed by atoms with Gasteiger partial charge in [0.15, 0.2) is 11.6 Å². The van der Waals surface area contributed by atoms with Crippen LogP contribution in [0.5, 0.6) is 0 Å². The first-order chi connectivity index (χ1) is 17.0. The van der Waals surface area contributed by atoms with Crippen molar-refractivity contribution >= 4 is 29.2 Å². The van der Waals surface area contributed by atoms with Gasteiger partial charge in [-0.05, 0) is 44.1 Å². The maximum Gasteiger partial charge on any atom is 0.490 e. The molecule has 196 valence electrons. The maximum absolute atomic E-state index is 13.5. The van der Waals surface area contributed by atoms with Crippen molar-refractivity contribution in [1.29, 1.82) is 0 Å². The Morgan fingerprint density at radius 1 is 1.14 bits per heavy atom. The summed E-state index contributed by atoms with van der Waals surface area (Å²) >= 11 is 0. The van der Waals surface area contributed by atoms with Crippen LogP contribution in [0.1, 0.15) is 50.7 Å². The standard InChI is InChI=1S/C23H31N5O.C2HF3O2/c1-16(2)13-19-23(29)28(14-18-9-7-17(3)8-10-18)20-21(26-19)24-15-25-22(20)27-11-5-4-6-12-27;3-2(4,5)1(6)7/h7-10,15-16,19H,4-6,11-14H2,1-3H3,(H,24,25,26);(H,6,7). The van der Waals surface area contributed by atoms with Gasteiger partial charge in [0.2, 0.25) is 5.91 Å². The number of benzene rings is 1. The zero-order valence-corrected chi connectivity index (χ0v) is 20.7. The fraction of sp³-hybridized carbons (Fsp3) is 0.520. The molecule has 2 aliphatic rings. The van der Waals surface area contributed by atoms with Gasteiger partial charge >= 0.3 is 12.1 Å².